The van der Waals surface area contributed by atoms with Gasteiger partial charge in [-0.3, -0.25) is 4.79 Å². The number of carbonyl (C=O) groups is 1. The van der Waals surface area contributed by atoms with Crippen LogP contribution in [0, 0.1) is 0 Å². The minimum atomic E-state index is -0.00454. The fraction of sp³-hybridized carbons (Fsp3) is 0.500. The predicted molar refractivity (Wildman–Crippen MR) is 72.2 cm³/mol. The molecule has 19 heavy (non-hydrogen) atoms. The lowest BCUT2D eigenvalue weighted by Gasteiger charge is -2.27. The Bertz CT molecular complexity index is 452. The number of piperidine rings is 1. The van der Waals surface area contributed by atoms with Crippen molar-refractivity contribution in [3.63, 3.8) is 0 Å². The quantitative estimate of drug-likeness (QED) is 0.767. The zero-order valence-corrected chi connectivity index (χ0v) is 11.3. The molecule has 5 nitrogen and oxygen atoms in total. The van der Waals surface area contributed by atoms with E-state index in [1.54, 1.807) is 19.2 Å². The number of ether oxygens (including phenoxy) is 1. The third-order valence-corrected chi connectivity index (χ3v) is 3.45. The summed E-state index contributed by atoms with van der Waals surface area (Å²) in [6, 6.07) is 5.42. The van der Waals surface area contributed by atoms with E-state index in [1.807, 2.05) is 13.0 Å². The van der Waals surface area contributed by atoms with Crippen molar-refractivity contribution >= 4 is 5.91 Å². The van der Waals surface area contributed by atoms with E-state index in [4.69, 9.17) is 4.74 Å². The minimum absolute atomic E-state index is 0.00454. The van der Waals surface area contributed by atoms with Gasteiger partial charge in [-0.05, 0) is 31.5 Å². The van der Waals surface area contributed by atoms with Crippen LogP contribution in [-0.4, -0.2) is 30.7 Å². The lowest BCUT2D eigenvalue weighted by atomic mass is 10.0. The molecule has 1 aliphatic heterocycles. The molecular weight excluding hydrogens is 244 g/mol. The van der Waals surface area contributed by atoms with Gasteiger partial charge in [-0.1, -0.05) is 0 Å². The molecule has 1 aromatic carbocycles. The molecule has 0 aromatic heterocycles. The highest BCUT2D eigenvalue weighted by Crippen LogP contribution is 2.28. The van der Waals surface area contributed by atoms with Crippen LogP contribution in [0.2, 0.25) is 0 Å². The summed E-state index contributed by atoms with van der Waals surface area (Å²) in [6.45, 7) is 2.62. The van der Waals surface area contributed by atoms with Crippen molar-refractivity contribution in [1.82, 2.24) is 10.6 Å². The number of methoxy groups -OCH3 is 1. The van der Waals surface area contributed by atoms with Crippen LogP contribution in [0.4, 0.5) is 0 Å². The van der Waals surface area contributed by atoms with Crippen LogP contribution < -0.4 is 15.4 Å². The second kappa shape index (κ2) is 5.93. The summed E-state index contributed by atoms with van der Waals surface area (Å²) >= 11 is 0. The molecule has 0 bridgehead atoms. The first kappa shape index (κ1) is 13.7. The Kier molecular flexibility index (Phi) is 4.27. The van der Waals surface area contributed by atoms with Crippen LogP contribution in [-0.2, 0) is 4.79 Å². The maximum atomic E-state index is 11.1. The summed E-state index contributed by atoms with van der Waals surface area (Å²) in [5.74, 6) is 1.08. The SMILES string of the molecule is COc1ccc(O)c(C(C)NC2CCC(=O)NC2)c1. The number of hydrogen-bond acceptors (Lipinski definition) is 4. The highest BCUT2D eigenvalue weighted by Gasteiger charge is 2.21. The highest BCUT2D eigenvalue weighted by atomic mass is 16.5. The maximum Gasteiger partial charge on any atom is 0.220 e. The fourth-order valence-electron chi connectivity index (χ4n) is 2.32. The van der Waals surface area contributed by atoms with Crippen LogP contribution in [0.1, 0.15) is 31.4 Å². The van der Waals surface area contributed by atoms with Gasteiger partial charge in [0.25, 0.3) is 0 Å². The number of phenolic OH excluding ortho intramolecular Hbond substituents is 1. The first-order valence-corrected chi connectivity index (χ1v) is 6.50. The third-order valence-electron chi connectivity index (χ3n) is 3.45. The Hall–Kier alpha value is -1.75. The molecule has 0 aliphatic carbocycles. The third kappa shape index (κ3) is 3.38. The largest absolute Gasteiger partial charge is 0.508 e. The van der Waals surface area contributed by atoms with E-state index in [9.17, 15) is 9.90 Å². The summed E-state index contributed by atoms with van der Waals surface area (Å²) < 4.78 is 5.17. The molecule has 1 amide bonds. The molecule has 0 radical (unpaired) electrons. The van der Waals surface area contributed by atoms with E-state index in [2.05, 4.69) is 10.6 Å². The summed E-state index contributed by atoms with van der Waals surface area (Å²) in [5.41, 5.74) is 0.802. The van der Waals surface area contributed by atoms with Gasteiger partial charge in [0.2, 0.25) is 5.91 Å². The molecule has 3 N–H and O–H groups in total. The molecular formula is C14H20N2O3. The normalized spacial score (nSPS) is 20.7. The van der Waals surface area contributed by atoms with Gasteiger partial charge < -0.3 is 20.5 Å². The Morgan fingerprint density at radius 1 is 1.53 bits per heavy atom. The van der Waals surface area contributed by atoms with Gasteiger partial charge >= 0.3 is 0 Å². The van der Waals surface area contributed by atoms with Gasteiger partial charge in [0.1, 0.15) is 11.5 Å². The molecule has 1 aromatic rings. The molecule has 1 fully saturated rings. The second-order valence-corrected chi connectivity index (χ2v) is 4.85. The minimum Gasteiger partial charge on any atom is -0.508 e. The first-order chi connectivity index (χ1) is 9.10. The van der Waals surface area contributed by atoms with Gasteiger partial charge in [-0.25, -0.2) is 0 Å². The van der Waals surface area contributed by atoms with Crippen molar-refractivity contribution in [2.45, 2.75) is 31.8 Å². The zero-order chi connectivity index (χ0) is 13.8. The van der Waals surface area contributed by atoms with E-state index in [0.29, 0.717) is 13.0 Å². The molecule has 1 aliphatic rings. The van der Waals surface area contributed by atoms with Gasteiger partial charge in [-0.2, -0.15) is 0 Å². The Balaban J connectivity index is 2.03. The van der Waals surface area contributed by atoms with E-state index >= 15 is 0 Å². The molecule has 0 spiro atoms. The number of nitrogens with one attached hydrogen (secondary N) is 2. The van der Waals surface area contributed by atoms with Gasteiger partial charge in [0.05, 0.1) is 7.11 Å². The molecule has 104 valence electrons. The molecule has 1 saturated heterocycles. The fourth-order valence-corrected chi connectivity index (χ4v) is 2.32. The topological polar surface area (TPSA) is 70.6 Å². The summed E-state index contributed by atoms with van der Waals surface area (Å²) in [5, 5.41) is 16.2. The number of phenols is 1. The van der Waals surface area contributed by atoms with Crippen LogP contribution in [0.5, 0.6) is 11.5 Å². The van der Waals surface area contributed by atoms with Crippen molar-refractivity contribution in [2.75, 3.05) is 13.7 Å². The second-order valence-electron chi connectivity index (χ2n) is 4.85. The van der Waals surface area contributed by atoms with E-state index in [1.165, 1.54) is 0 Å². The smallest absolute Gasteiger partial charge is 0.220 e. The highest BCUT2D eigenvalue weighted by molar-refractivity contribution is 5.76. The predicted octanol–water partition coefficient (Wildman–Crippen LogP) is 1.33. The van der Waals surface area contributed by atoms with Crippen molar-refractivity contribution < 1.29 is 14.6 Å². The van der Waals surface area contributed by atoms with E-state index < -0.39 is 0 Å². The molecule has 2 rings (SSSR count). The van der Waals surface area contributed by atoms with Crippen LogP contribution in [0.15, 0.2) is 18.2 Å². The van der Waals surface area contributed by atoms with Crippen molar-refractivity contribution in [2.24, 2.45) is 0 Å². The van der Waals surface area contributed by atoms with Crippen LogP contribution >= 0.6 is 0 Å². The van der Waals surface area contributed by atoms with E-state index in [0.717, 1.165) is 17.7 Å². The van der Waals surface area contributed by atoms with Crippen molar-refractivity contribution in [3.05, 3.63) is 23.8 Å². The standard InChI is InChI=1S/C14H20N2O3/c1-9(16-10-3-6-14(18)15-8-10)12-7-11(19-2)4-5-13(12)17/h4-5,7,9-10,16-17H,3,6,8H2,1-2H3,(H,15,18). The molecule has 0 saturated carbocycles. The number of benzene rings is 1. The van der Waals surface area contributed by atoms with Crippen LogP contribution in [0.3, 0.4) is 0 Å². The number of rotatable bonds is 4. The van der Waals surface area contributed by atoms with Crippen molar-refractivity contribution in [1.29, 1.82) is 0 Å². The Morgan fingerprint density at radius 3 is 2.95 bits per heavy atom. The van der Waals surface area contributed by atoms with Crippen LogP contribution in [0.25, 0.3) is 0 Å². The first-order valence-electron chi connectivity index (χ1n) is 6.50. The molecule has 2 unspecified atom stereocenters. The number of hydrogen-bond donors (Lipinski definition) is 3. The van der Waals surface area contributed by atoms with Crippen molar-refractivity contribution in [3.8, 4) is 11.5 Å². The Morgan fingerprint density at radius 2 is 2.32 bits per heavy atom. The molecule has 1 heterocycles. The van der Waals surface area contributed by atoms with Gasteiger partial charge in [0, 0.05) is 30.6 Å². The van der Waals surface area contributed by atoms with E-state index in [-0.39, 0.29) is 23.7 Å². The molecule has 2 atom stereocenters. The Labute approximate surface area is 113 Å². The summed E-state index contributed by atoms with van der Waals surface area (Å²) in [4.78, 5) is 11.1. The number of aromatic hydroxyl groups is 1. The number of amides is 1. The lowest BCUT2D eigenvalue weighted by Crippen LogP contribution is -2.46. The zero-order valence-electron chi connectivity index (χ0n) is 11.3. The molecule has 5 heteroatoms. The van der Waals surface area contributed by atoms with Gasteiger partial charge in [0.15, 0.2) is 0 Å². The lowest BCUT2D eigenvalue weighted by molar-refractivity contribution is -0.122. The summed E-state index contributed by atoms with van der Waals surface area (Å²) in [7, 11) is 1.60. The monoisotopic (exact) mass is 264 g/mol. The van der Waals surface area contributed by atoms with Gasteiger partial charge in [-0.15, -0.1) is 0 Å². The number of carbonyl (C=O) groups excluding carboxylic acids is 1. The maximum absolute atomic E-state index is 11.1. The average molecular weight is 264 g/mol. The average Bonchev–Trinajstić information content (AvgIpc) is 2.42. The summed E-state index contributed by atoms with van der Waals surface area (Å²) in [6.07, 6.45) is 1.37.